The Labute approximate surface area is 335 Å². The SMILES string of the molecule is CCCCCCCCC(CCCCCC)COP(=O)(OCC(CCCCCC)CCCCCCCC)OCC(CCCCCC)CCCCCCCC. The second-order valence-corrected chi connectivity index (χ2v) is 18.8. The fourth-order valence-corrected chi connectivity index (χ4v) is 9.26. The predicted molar refractivity (Wildman–Crippen MR) is 236 cm³/mol. The topological polar surface area (TPSA) is 44.8 Å². The summed E-state index contributed by atoms with van der Waals surface area (Å²) in [6.45, 7) is 15.3. The van der Waals surface area contributed by atoms with E-state index in [0.717, 1.165) is 38.5 Å². The molecule has 0 aromatic heterocycles. The Morgan fingerprint density at radius 3 is 0.660 bits per heavy atom. The van der Waals surface area contributed by atoms with Crippen molar-refractivity contribution in [3.8, 4) is 0 Å². The molecule has 0 saturated heterocycles. The Bertz CT molecular complexity index is 650. The van der Waals surface area contributed by atoms with E-state index in [2.05, 4.69) is 41.5 Å². The maximum Gasteiger partial charge on any atom is 0.474 e. The van der Waals surface area contributed by atoms with Crippen LogP contribution in [-0.2, 0) is 18.1 Å². The first-order valence-corrected chi connectivity index (χ1v) is 26.0. The molecule has 0 radical (unpaired) electrons. The standard InChI is InChI=1S/C48H99O4P/c1-7-13-19-25-28-34-40-46(37-31-22-16-10-4)43-50-53(49,51-44-47(38-32-23-17-11-5)41-35-29-26-20-14-8-2)52-45-48(39-33-24-18-12-6)42-36-30-27-21-15-9-3/h46-48H,7-45H2,1-6H3. The first-order valence-electron chi connectivity index (χ1n) is 24.5. The van der Waals surface area contributed by atoms with Crippen molar-refractivity contribution in [3.05, 3.63) is 0 Å². The largest absolute Gasteiger partial charge is 0.474 e. The summed E-state index contributed by atoms with van der Waals surface area (Å²) in [6, 6.07) is 0. The molecule has 0 saturated carbocycles. The Hall–Kier alpha value is 0.110. The van der Waals surface area contributed by atoms with E-state index in [4.69, 9.17) is 13.6 Å². The molecule has 5 heteroatoms. The van der Waals surface area contributed by atoms with E-state index in [-0.39, 0.29) is 0 Å². The second kappa shape index (κ2) is 41.7. The van der Waals surface area contributed by atoms with Gasteiger partial charge in [-0.05, 0) is 56.3 Å². The van der Waals surface area contributed by atoms with Crippen LogP contribution in [0, 0.1) is 17.8 Å². The third-order valence-electron chi connectivity index (χ3n) is 11.7. The van der Waals surface area contributed by atoms with Crippen LogP contribution in [0.5, 0.6) is 0 Å². The molecule has 3 unspecified atom stereocenters. The molecule has 0 aromatic carbocycles. The predicted octanol–water partition coefficient (Wildman–Crippen LogP) is 18.2. The summed E-state index contributed by atoms with van der Waals surface area (Å²) in [7, 11) is -3.68. The van der Waals surface area contributed by atoms with Crippen molar-refractivity contribution in [1.82, 2.24) is 0 Å². The van der Waals surface area contributed by atoms with Gasteiger partial charge in [-0.3, -0.25) is 13.6 Å². The van der Waals surface area contributed by atoms with E-state index in [0.29, 0.717) is 37.6 Å². The van der Waals surface area contributed by atoms with Crippen LogP contribution in [0.15, 0.2) is 0 Å². The van der Waals surface area contributed by atoms with Gasteiger partial charge in [-0.25, -0.2) is 4.57 Å². The Kier molecular flexibility index (Phi) is 41.8. The van der Waals surface area contributed by atoms with Gasteiger partial charge in [-0.15, -0.1) is 0 Å². The van der Waals surface area contributed by atoms with E-state index < -0.39 is 7.82 Å². The van der Waals surface area contributed by atoms with Gasteiger partial charge in [0.05, 0.1) is 19.8 Å². The van der Waals surface area contributed by atoms with Gasteiger partial charge in [-0.2, -0.15) is 0 Å². The normalized spacial score (nSPS) is 14.8. The molecule has 3 atom stereocenters. The van der Waals surface area contributed by atoms with Crippen molar-refractivity contribution in [1.29, 1.82) is 0 Å². The third kappa shape index (κ3) is 36.2. The lowest BCUT2D eigenvalue weighted by molar-refractivity contribution is 0.0704. The van der Waals surface area contributed by atoms with Gasteiger partial charge in [0, 0.05) is 0 Å². The highest BCUT2D eigenvalue weighted by molar-refractivity contribution is 7.48. The summed E-state index contributed by atoms with van der Waals surface area (Å²) in [4.78, 5) is 0. The van der Waals surface area contributed by atoms with Gasteiger partial charge in [0.15, 0.2) is 0 Å². The maximum atomic E-state index is 14.7. The minimum Gasteiger partial charge on any atom is -0.287 e. The lowest BCUT2D eigenvalue weighted by atomic mass is 9.95. The van der Waals surface area contributed by atoms with Gasteiger partial charge in [0.1, 0.15) is 0 Å². The van der Waals surface area contributed by atoms with Gasteiger partial charge in [-0.1, -0.05) is 234 Å². The van der Waals surface area contributed by atoms with E-state index >= 15 is 0 Å². The van der Waals surface area contributed by atoms with Crippen LogP contribution in [0.4, 0.5) is 0 Å². The number of rotatable bonds is 45. The van der Waals surface area contributed by atoms with Crippen LogP contribution >= 0.6 is 7.82 Å². The van der Waals surface area contributed by atoms with Crippen molar-refractivity contribution < 1.29 is 18.1 Å². The molecule has 0 N–H and O–H groups in total. The number of hydrogen-bond acceptors (Lipinski definition) is 4. The van der Waals surface area contributed by atoms with E-state index in [1.54, 1.807) is 0 Å². The number of hydrogen-bond donors (Lipinski definition) is 0. The van der Waals surface area contributed by atoms with E-state index in [9.17, 15) is 4.57 Å². The van der Waals surface area contributed by atoms with Gasteiger partial charge in [0.25, 0.3) is 0 Å². The molecule has 0 aromatic rings. The second-order valence-electron chi connectivity index (χ2n) is 17.1. The summed E-state index contributed by atoms with van der Waals surface area (Å²) in [5, 5.41) is 0. The van der Waals surface area contributed by atoms with E-state index in [1.807, 2.05) is 0 Å². The molecular weight excluding hydrogens is 671 g/mol. The molecule has 0 bridgehead atoms. The van der Waals surface area contributed by atoms with Gasteiger partial charge in [0.2, 0.25) is 0 Å². The Morgan fingerprint density at radius 1 is 0.283 bits per heavy atom. The molecule has 0 amide bonds. The zero-order valence-electron chi connectivity index (χ0n) is 37.4. The lowest BCUT2D eigenvalue weighted by Gasteiger charge is -2.26. The van der Waals surface area contributed by atoms with Crippen LogP contribution < -0.4 is 0 Å². The van der Waals surface area contributed by atoms with Crippen LogP contribution in [0.3, 0.4) is 0 Å². The first kappa shape index (κ1) is 53.1. The van der Waals surface area contributed by atoms with Crippen molar-refractivity contribution >= 4 is 7.82 Å². The molecule has 320 valence electrons. The summed E-state index contributed by atoms with van der Waals surface area (Å²) in [6.07, 6.45) is 45.8. The molecule has 4 nitrogen and oxygen atoms in total. The number of phosphoric acid groups is 1. The quantitative estimate of drug-likeness (QED) is 0.0457. The highest BCUT2D eigenvalue weighted by Crippen LogP contribution is 2.51. The van der Waals surface area contributed by atoms with Crippen LogP contribution in [0.25, 0.3) is 0 Å². The third-order valence-corrected chi connectivity index (χ3v) is 13.1. The van der Waals surface area contributed by atoms with Crippen LogP contribution in [0.2, 0.25) is 0 Å². The highest BCUT2D eigenvalue weighted by Gasteiger charge is 2.31. The smallest absolute Gasteiger partial charge is 0.287 e. The summed E-state index contributed by atoms with van der Waals surface area (Å²) in [5.74, 6) is 1.29. The summed E-state index contributed by atoms with van der Waals surface area (Å²) < 4.78 is 34.2. The molecule has 0 rings (SSSR count). The molecule has 0 heterocycles. The molecule has 0 aliphatic heterocycles. The molecular formula is C48H99O4P. The number of unbranched alkanes of at least 4 members (excludes halogenated alkanes) is 24. The Balaban J connectivity index is 5.77. The number of phosphoric ester groups is 1. The minimum absolute atomic E-state index is 0.430. The monoisotopic (exact) mass is 771 g/mol. The molecule has 0 fully saturated rings. The van der Waals surface area contributed by atoms with Crippen molar-refractivity contribution in [3.63, 3.8) is 0 Å². The minimum atomic E-state index is -3.68. The summed E-state index contributed by atoms with van der Waals surface area (Å²) in [5.41, 5.74) is 0. The average Bonchev–Trinajstić information content (AvgIpc) is 3.16. The lowest BCUT2D eigenvalue weighted by Crippen LogP contribution is -2.17. The van der Waals surface area contributed by atoms with Crippen molar-refractivity contribution in [2.45, 2.75) is 273 Å². The fraction of sp³-hybridized carbons (Fsp3) is 1.00. The van der Waals surface area contributed by atoms with E-state index in [1.165, 1.54) is 193 Å². The van der Waals surface area contributed by atoms with Crippen molar-refractivity contribution in [2.24, 2.45) is 17.8 Å². The zero-order valence-corrected chi connectivity index (χ0v) is 38.3. The first-order chi connectivity index (χ1) is 26.0. The molecule has 0 aliphatic carbocycles. The zero-order chi connectivity index (χ0) is 38.9. The summed E-state index contributed by atoms with van der Waals surface area (Å²) >= 11 is 0. The van der Waals surface area contributed by atoms with Gasteiger partial charge >= 0.3 is 7.82 Å². The highest BCUT2D eigenvalue weighted by atomic mass is 31.2. The molecule has 53 heavy (non-hydrogen) atoms. The van der Waals surface area contributed by atoms with Crippen LogP contribution in [0.1, 0.15) is 273 Å². The fourth-order valence-electron chi connectivity index (χ4n) is 7.85. The van der Waals surface area contributed by atoms with Crippen LogP contribution in [-0.4, -0.2) is 19.8 Å². The van der Waals surface area contributed by atoms with Gasteiger partial charge < -0.3 is 0 Å². The maximum absolute atomic E-state index is 14.7. The molecule has 0 aliphatic rings. The van der Waals surface area contributed by atoms with Crippen molar-refractivity contribution in [2.75, 3.05) is 19.8 Å². The molecule has 0 spiro atoms. The Morgan fingerprint density at radius 2 is 0.453 bits per heavy atom. The average molecular weight is 771 g/mol.